The third-order valence-electron chi connectivity index (χ3n) is 4.29. The predicted molar refractivity (Wildman–Crippen MR) is 101 cm³/mol. The summed E-state index contributed by atoms with van der Waals surface area (Å²) in [6, 6.07) is 7.76. The molecule has 0 amide bonds. The smallest absolute Gasteiger partial charge is 0.354 e. The molecule has 1 aromatic carbocycles. The minimum absolute atomic E-state index is 0.0280. The molecule has 0 unspecified atom stereocenters. The first-order chi connectivity index (χ1) is 12.6. The van der Waals surface area contributed by atoms with Gasteiger partial charge in [-0.05, 0) is 37.2 Å². The van der Waals surface area contributed by atoms with E-state index < -0.39 is 11.9 Å². The van der Waals surface area contributed by atoms with E-state index in [0.717, 1.165) is 44.5 Å². The van der Waals surface area contributed by atoms with Crippen LogP contribution in [-0.4, -0.2) is 63.8 Å². The van der Waals surface area contributed by atoms with Crippen LogP contribution < -0.4 is 10.2 Å². The number of nitrogens with one attached hydrogen (secondary N) is 1. The fourth-order valence-electron chi connectivity index (χ4n) is 2.89. The second-order valence-electron chi connectivity index (χ2n) is 6.07. The highest BCUT2D eigenvalue weighted by molar-refractivity contribution is 5.98. The van der Waals surface area contributed by atoms with Crippen molar-refractivity contribution in [3.63, 3.8) is 0 Å². The maximum atomic E-state index is 11.8. The number of rotatable bonds is 7. The number of nitrogens with zero attached hydrogens (tertiary/aromatic N) is 2. The highest BCUT2D eigenvalue weighted by Gasteiger charge is 2.17. The number of hydrogen-bond acceptors (Lipinski definition) is 7. The van der Waals surface area contributed by atoms with Crippen molar-refractivity contribution in [3.8, 4) is 0 Å². The van der Waals surface area contributed by atoms with Crippen LogP contribution in [0, 0.1) is 0 Å². The van der Waals surface area contributed by atoms with Gasteiger partial charge in [-0.1, -0.05) is 6.92 Å². The molecule has 0 spiro atoms. The maximum absolute atomic E-state index is 11.8. The number of ether oxygens (including phenoxy) is 2. The summed E-state index contributed by atoms with van der Waals surface area (Å²) in [6.45, 7) is 7.50. The van der Waals surface area contributed by atoms with Crippen molar-refractivity contribution in [1.82, 2.24) is 4.90 Å². The summed E-state index contributed by atoms with van der Waals surface area (Å²) < 4.78 is 9.25. The standard InChI is InChI=1S/C19H27N3O4/c1-4-9-21-10-12-22(13-11-21)16-7-5-15(6-8-16)20-17(19(24)26-3)14-18(23)25-2/h5-8,14,20H,4,9-13H2,1-3H3/b17-14+. The molecule has 1 N–H and O–H groups in total. The highest BCUT2D eigenvalue weighted by atomic mass is 16.5. The van der Waals surface area contributed by atoms with Crippen LogP contribution in [0.3, 0.4) is 0 Å². The fourth-order valence-corrected chi connectivity index (χ4v) is 2.89. The lowest BCUT2D eigenvalue weighted by Crippen LogP contribution is -2.46. The number of hydrogen-bond donors (Lipinski definition) is 1. The number of methoxy groups -OCH3 is 2. The third kappa shape index (κ3) is 5.49. The van der Waals surface area contributed by atoms with Gasteiger partial charge in [0.05, 0.1) is 20.3 Å². The molecule has 7 heteroatoms. The molecular weight excluding hydrogens is 334 g/mol. The van der Waals surface area contributed by atoms with Crippen molar-refractivity contribution < 1.29 is 19.1 Å². The zero-order chi connectivity index (χ0) is 18.9. The Labute approximate surface area is 154 Å². The Hall–Kier alpha value is -2.54. The summed E-state index contributed by atoms with van der Waals surface area (Å²) in [5.74, 6) is -1.26. The second-order valence-corrected chi connectivity index (χ2v) is 6.07. The van der Waals surface area contributed by atoms with Gasteiger partial charge >= 0.3 is 11.9 Å². The molecule has 1 aliphatic heterocycles. The van der Waals surface area contributed by atoms with Gasteiger partial charge in [0.2, 0.25) is 0 Å². The Morgan fingerprint density at radius 1 is 1.08 bits per heavy atom. The summed E-state index contributed by atoms with van der Waals surface area (Å²) in [5, 5.41) is 2.91. The first-order valence-electron chi connectivity index (χ1n) is 8.79. The Kier molecular flexibility index (Phi) is 7.47. The van der Waals surface area contributed by atoms with Crippen molar-refractivity contribution in [2.24, 2.45) is 0 Å². The van der Waals surface area contributed by atoms with Crippen LogP contribution in [0.15, 0.2) is 36.0 Å². The summed E-state index contributed by atoms with van der Waals surface area (Å²) in [5.41, 5.74) is 1.86. The third-order valence-corrected chi connectivity index (χ3v) is 4.29. The Bertz CT molecular complexity index is 635. The molecule has 0 aromatic heterocycles. The van der Waals surface area contributed by atoms with E-state index in [1.54, 1.807) is 0 Å². The first kappa shape index (κ1) is 19.8. The number of anilines is 2. The van der Waals surface area contributed by atoms with Gasteiger partial charge in [0.1, 0.15) is 5.70 Å². The van der Waals surface area contributed by atoms with E-state index in [1.807, 2.05) is 24.3 Å². The molecule has 0 radical (unpaired) electrons. The van der Waals surface area contributed by atoms with Gasteiger partial charge in [-0.15, -0.1) is 0 Å². The van der Waals surface area contributed by atoms with E-state index in [0.29, 0.717) is 5.69 Å². The molecule has 0 atom stereocenters. The van der Waals surface area contributed by atoms with Crippen molar-refractivity contribution in [2.75, 3.05) is 57.2 Å². The Morgan fingerprint density at radius 2 is 1.73 bits per heavy atom. The van der Waals surface area contributed by atoms with E-state index in [9.17, 15) is 9.59 Å². The summed E-state index contributed by atoms with van der Waals surface area (Å²) in [7, 11) is 2.51. The molecule has 1 saturated heterocycles. The molecule has 1 aliphatic rings. The molecule has 26 heavy (non-hydrogen) atoms. The lowest BCUT2D eigenvalue weighted by Gasteiger charge is -2.36. The molecule has 0 aliphatic carbocycles. The molecule has 1 fully saturated rings. The van der Waals surface area contributed by atoms with Gasteiger partial charge in [0.25, 0.3) is 0 Å². The van der Waals surface area contributed by atoms with Crippen LogP contribution in [0.25, 0.3) is 0 Å². The summed E-state index contributed by atoms with van der Waals surface area (Å²) in [6.07, 6.45) is 2.26. The van der Waals surface area contributed by atoms with Crippen molar-refractivity contribution in [1.29, 1.82) is 0 Å². The van der Waals surface area contributed by atoms with E-state index in [1.165, 1.54) is 20.6 Å². The Balaban J connectivity index is 2.01. The van der Waals surface area contributed by atoms with Crippen LogP contribution in [0.1, 0.15) is 13.3 Å². The van der Waals surface area contributed by atoms with Gasteiger partial charge in [-0.25, -0.2) is 9.59 Å². The van der Waals surface area contributed by atoms with E-state index in [2.05, 4.69) is 31.5 Å². The van der Waals surface area contributed by atoms with Gasteiger partial charge in [0, 0.05) is 37.6 Å². The SMILES string of the molecule is CCCN1CCN(c2ccc(N/C(=C/C(=O)OC)C(=O)OC)cc2)CC1. The predicted octanol–water partition coefficient (Wildman–Crippen LogP) is 1.86. The first-order valence-corrected chi connectivity index (χ1v) is 8.79. The number of carbonyl (C=O) groups excluding carboxylic acids is 2. The minimum atomic E-state index is -0.633. The molecular formula is C19H27N3O4. The lowest BCUT2D eigenvalue weighted by atomic mass is 10.2. The molecule has 7 nitrogen and oxygen atoms in total. The average Bonchev–Trinajstić information content (AvgIpc) is 2.68. The van der Waals surface area contributed by atoms with Gasteiger partial charge in [0.15, 0.2) is 0 Å². The quantitative estimate of drug-likeness (QED) is 0.587. The van der Waals surface area contributed by atoms with Gasteiger partial charge < -0.3 is 19.7 Å². The molecule has 2 rings (SSSR count). The normalized spacial score (nSPS) is 15.5. The van der Waals surface area contributed by atoms with Crippen molar-refractivity contribution in [2.45, 2.75) is 13.3 Å². The lowest BCUT2D eigenvalue weighted by molar-refractivity contribution is -0.138. The number of piperazine rings is 1. The highest BCUT2D eigenvalue weighted by Crippen LogP contribution is 2.20. The van der Waals surface area contributed by atoms with Gasteiger partial charge in [-0.3, -0.25) is 4.90 Å². The van der Waals surface area contributed by atoms with E-state index in [4.69, 9.17) is 0 Å². The average molecular weight is 361 g/mol. The number of esters is 2. The second kappa shape index (κ2) is 9.82. The molecule has 142 valence electrons. The topological polar surface area (TPSA) is 71.1 Å². The minimum Gasteiger partial charge on any atom is -0.466 e. The maximum Gasteiger partial charge on any atom is 0.354 e. The Morgan fingerprint density at radius 3 is 2.27 bits per heavy atom. The molecule has 1 heterocycles. The largest absolute Gasteiger partial charge is 0.466 e. The van der Waals surface area contributed by atoms with E-state index >= 15 is 0 Å². The fraction of sp³-hybridized carbons (Fsp3) is 0.474. The van der Waals surface area contributed by atoms with Crippen LogP contribution in [-0.2, 0) is 19.1 Å². The summed E-state index contributed by atoms with van der Waals surface area (Å²) in [4.78, 5) is 28.0. The van der Waals surface area contributed by atoms with Crippen LogP contribution in [0.5, 0.6) is 0 Å². The zero-order valence-electron chi connectivity index (χ0n) is 15.7. The van der Waals surface area contributed by atoms with E-state index in [-0.39, 0.29) is 5.70 Å². The molecule has 1 aromatic rings. The monoisotopic (exact) mass is 361 g/mol. The van der Waals surface area contributed by atoms with Crippen LogP contribution in [0.2, 0.25) is 0 Å². The van der Waals surface area contributed by atoms with Crippen molar-refractivity contribution >= 4 is 23.3 Å². The van der Waals surface area contributed by atoms with Crippen LogP contribution >= 0.6 is 0 Å². The number of benzene rings is 1. The number of carbonyl (C=O) groups is 2. The zero-order valence-corrected chi connectivity index (χ0v) is 15.7. The van der Waals surface area contributed by atoms with Crippen molar-refractivity contribution in [3.05, 3.63) is 36.0 Å². The molecule has 0 bridgehead atoms. The molecule has 0 saturated carbocycles. The van der Waals surface area contributed by atoms with Crippen LogP contribution in [0.4, 0.5) is 11.4 Å². The summed E-state index contributed by atoms with van der Waals surface area (Å²) >= 11 is 0. The van der Waals surface area contributed by atoms with Gasteiger partial charge in [-0.2, -0.15) is 0 Å².